The number of methoxy groups -OCH3 is 1. The summed E-state index contributed by atoms with van der Waals surface area (Å²) in [6.07, 6.45) is 17.0. The highest BCUT2D eigenvalue weighted by Gasteiger charge is 2.17. The van der Waals surface area contributed by atoms with Crippen LogP contribution >= 0.6 is 0 Å². The van der Waals surface area contributed by atoms with Gasteiger partial charge in [-0.15, -0.1) is 0 Å². The van der Waals surface area contributed by atoms with Crippen LogP contribution < -0.4 is 22.1 Å². The highest BCUT2D eigenvalue weighted by Crippen LogP contribution is 2.28. The van der Waals surface area contributed by atoms with Crippen molar-refractivity contribution in [1.29, 1.82) is 0 Å². The molecule has 6 aromatic rings. The molecule has 2 aliphatic rings. The fourth-order valence-electron chi connectivity index (χ4n) is 5.88. The van der Waals surface area contributed by atoms with Crippen LogP contribution in [0.2, 0.25) is 0 Å². The Labute approximate surface area is 313 Å². The van der Waals surface area contributed by atoms with Gasteiger partial charge in [0.1, 0.15) is 0 Å². The summed E-state index contributed by atoms with van der Waals surface area (Å²) in [5, 5.41) is 2.29. The maximum atomic E-state index is 11.5. The van der Waals surface area contributed by atoms with Crippen molar-refractivity contribution in [2.45, 2.75) is 6.42 Å². The van der Waals surface area contributed by atoms with E-state index in [0.29, 0.717) is 48.5 Å². The van der Waals surface area contributed by atoms with E-state index >= 15 is 0 Å². The Balaban J connectivity index is 0.000000141. The van der Waals surface area contributed by atoms with Crippen LogP contribution in [-0.4, -0.2) is 100 Å². The van der Waals surface area contributed by atoms with Crippen LogP contribution in [0.25, 0.3) is 38.3 Å². The maximum absolute atomic E-state index is 11.5. The van der Waals surface area contributed by atoms with Crippen molar-refractivity contribution in [2.75, 3.05) is 51.5 Å². The quantitative estimate of drug-likeness (QED) is 0.207. The zero-order valence-electron chi connectivity index (χ0n) is 29.7. The average Bonchev–Trinajstić information content (AvgIpc) is 3.23. The van der Waals surface area contributed by atoms with Gasteiger partial charge in [0.05, 0.1) is 103 Å². The van der Waals surface area contributed by atoms with E-state index in [4.69, 9.17) is 26.7 Å². The van der Waals surface area contributed by atoms with E-state index in [2.05, 4.69) is 39.5 Å². The number of hydrogen-bond acceptors (Lipinski definition) is 14. The topological polar surface area (TPSA) is 255 Å². The summed E-state index contributed by atoms with van der Waals surface area (Å²) in [7, 11) is 1.27. The number of carbonyl (C=O) groups excluding carboxylic acids is 4. The SMILES string of the molecule is COC(=O)c1cncc2ncc(C(N)=O)cc12.NC(=O)c1cnc2cncc(C3=CCOCC3)c2c1.NC(=O)c1cnc2cncc(N3CCOCC3)c2c1. The molecule has 0 saturated carbocycles. The van der Waals surface area contributed by atoms with E-state index in [1.807, 2.05) is 6.08 Å². The van der Waals surface area contributed by atoms with Crippen LogP contribution in [0, 0.1) is 0 Å². The predicted molar refractivity (Wildman–Crippen MR) is 202 cm³/mol. The zero-order valence-corrected chi connectivity index (χ0v) is 29.7. The standard InChI is InChI=1S/C14H13N3O2.C13H14N4O2.C11H9N3O3/c15-14(18)10-5-11-12(9-1-3-19-4-2-9)7-16-8-13(11)17-6-10;14-13(18)9-5-10-11(16-6-9)7-15-8-12(10)17-1-3-19-4-2-17;1-17-11(16)8-4-13-5-9-7(8)2-6(3-14-9)10(12)15/h1,5-8H,2-4H2,(H2,15,18);5-8H,1-4H2,(H2,14,18);2-5H,1H3,(H2,12,15). The van der Waals surface area contributed by atoms with Gasteiger partial charge in [-0.05, 0) is 30.2 Å². The molecule has 55 heavy (non-hydrogen) atoms. The molecule has 0 aromatic carbocycles. The first-order valence-corrected chi connectivity index (χ1v) is 16.9. The van der Waals surface area contributed by atoms with Crippen LogP contribution in [0.4, 0.5) is 5.69 Å². The van der Waals surface area contributed by atoms with Crippen LogP contribution in [0.5, 0.6) is 0 Å². The van der Waals surface area contributed by atoms with E-state index in [0.717, 1.165) is 52.6 Å². The molecule has 6 aromatic heterocycles. The van der Waals surface area contributed by atoms with Gasteiger partial charge in [0.2, 0.25) is 17.7 Å². The first-order chi connectivity index (χ1) is 26.6. The molecule has 0 aliphatic carbocycles. The minimum atomic E-state index is -0.605. The Morgan fingerprint density at radius 2 is 1.16 bits per heavy atom. The molecule has 17 heteroatoms. The van der Waals surface area contributed by atoms with Crippen LogP contribution in [0.3, 0.4) is 0 Å². The van der Waals surface area contributed by atoms with Crippen molar-refractivity contribution < 1.29 is 33.4 Å². The summed E-state index contributed by atoms with van der Waals surface area (Å²) in [6, 6.07) is 5.05. The summed E-state index contributed by atoms with van der Waals surface area (Å²) >= 11 is 0. The van der Waals surface area contributed by atoms with Crippen molar-refractivity contribution in [3.63, 3.8) is 0 Å². The Kier molecular flexibility index (Phi) is 11.8. The molecular weight excluding hydrogens is 708 g/mol. The number of morpholine rings is 1. The zero-order chi connectivity index (χ0) is 38.9. The molecule has 6 N–H and O–H groups in total. The first kappa shape index (κ1) is 37.8. The van der Waals surface area contributed by atoms with Crippen LogP contribution in [0.15, 0.2) is 80.0 Å². The number of carbonyl (C=O) groups is 4. The van der Waals surface area contributed by atoms with Crippen LogP contribution in [0.1, 0.15) is 53.4 Å². The Morgan fingerprint density at radius 1 is 0.636 bits per heavy atom. The summed E-state index contributed by atoms with van der Waals surface area (Å²) in [5.41, 5.74) is 22.2. The number of esters is 1. The number of nitrogens with two attached hydrogens (primary N) is 3. The maximum Gasteiger partial charge on any atom is 0.340 e. The molecule has 3 amide bonds. The summed E-state index contributed by atoms with van der Waals surface area (Å²) < 4.78 is 15.3. The van der Waals surface area contributed by atoms with Gasteiger partial charge in [-0.25, -0.2) is 4.79 Å². The molecule has 1 saturated heterocycles. The third-order valence-corrected chi connectivity index (χ3v) is 8.73. The third-order valence-electron chi connectivity index (χ3n) is 8.73. The van der Waals surface area contributed by atoms with Gasteiger partial charge in [0, 0.05) is 65.8 Å². The second kappa shape index (κ2) is 17.2. The fraction of sp³-hybridized carbons (Fsp3) is 0.211. The van der Waals surface area contributed by atoms with E-state index in [1.54, 1.807) is 36.9 Å². The lowest BCUT2D eigenvalue weighted by Crippen LogP contribution is -2.36. The molecule has 2 aliphatic heterocycles. The lowest BCUT2D eigenvalue weighted by Gasteiger charge is -2.29. The summed E-state index contributed by atoms with van der Waals surface area (Å²) in [5.74, 6) is -2.09. The second-order valence-corrected chi connectivity index (χ2v) is 12.1. The number of fused-ring (bicyclic) bond motifs is 3. The molecule has 0 atom stereocenters. The Hall–Kier alpha value is -6.98. The lowest BCUT2D eigenvalue weighted by molar-refractivity contribution is 0.0602. The monoisotopic (exact) mass is 744 g/mol. The van der Waals surface area contributed by atoms with Gasteiger partial charge in [0.15, 0.2) is 0 Å². The van der Waals surface area contributed by atoms with Gasteiger partial charge >= 0.3 is 5.97 Å². The molecule has 280 valence electrons. The fourth-order valence-corrected chi connectivity index (χ4v) is 5.88. The molecule has 0 spiro atoms. The predicted octanol–water partition coefficient (Wildman–Crippen LogP) is 2.61. The van der Waals surface area contributed by atoms with E-state index in [1.165, 1.54) is 49.7 Å². The van der Waals surface area contributed by atoms with Crippen molar-refractivity contribution in [2.24, 2.45) is 17.2 Å². The van der Waals surface area contributed by atoms with Crippen molar-refractivity contribution in [3.8, 4) is 0 Å². The number of amides is 3. The minimum absolute atomic E-state index is 0.230. The molecule has 0 radical (unpaired) electrons. The molecule has 8 heterocycles. The number of primary amides is 3. The first-order valence-electron chi connectivity index (χ1n) is 16.9. The molecule has 1 fully saturated rings. The third kappa shape index (κ3) is 8.81. The molecule has 0 unspecified atom stereocenters. The smallest absolute Gasteiger partial charge is 0.340 e. The van der Waals surface area contributed by atoms with Crippen molar-refractivity contribution >= 4 is 67.7 Å². The van der Waals surface area contributed by atoms with Crippen LogP contribution in [-0.2, 0) is 14.2 Å². The molecule has 8 rings (SSSR count). The average molecular weight is 745 g/mol. The largest absolute Gasteiger partial charge is 0.465 e. The van der Waals surface area contributed by atoms with E-state index in [9.17, 15) is 19.2 Å². The second-order valence-electron chi connectivity index (χ2n) is 12.1. The molecule has 0 bridgehead atoms. The number of hydrogen-bond donors (Lipinski definition) is 3. The Bertz CT molecular complexity index is 2450. The van der Waals surface area contributed by atoms with Gasteiger partial charge in [0.25, 0.3) is 0 Å². The number of rotatable bonds is 6. The number of nitrogens with zero attached hydrogens (tertiary/aromatic N) is 7. The normalized spacial score (nSPS) is 13.8. The number of ether oxygens (including phenoxy) is 3. The molecule has 17 nitrogen and oxygen atoms in total. The van der Waals surface area contributed by atoms with Gasteiger partial charge in [-0.2, -0.15) is 0 Å². The number of pyridine rings is 6. The van der Waals surface area contributed by atoms with Gasteiger partial charge in [-0.3, -0.25) is 44.3 Å². The highest BCUT2D eigenvalue weighted by atomic mass is 16.5. The highest BCUT2D eigenvalue weighted by molar-refractivity contribution is 6.05. The minimum Gasteiger partial charge on any atom is -0.465 e. The van der Waals surface area contributed by atoms with Gasteiger partial charge in [-0.1, -0.05) is 6.08 Å². The van der Waals surface area contributed by atoms with E-state index in [-0.39, 0.29) is 11.1 Å². The molecular formula is C38H36N10O7. The van der Waals surface area contributed by atoms with E-state index < -0.39 is 23.7 Å². The van der Waals surface area contributed by atoms with Crippen molar-refractivity contribution in [1.82, 2.24) is 29.9 Å². The summed E-state index contributed by atoms with van der Waals surface area (Å²) in [4.78, 5) is 72.0. The Morgan fingerprint density at radius 3 is 1.73 bits per heavy atom. The van der Waals surface area contributed by atoms with Crippen molar-refractivity contribution in [3.05, 3.63) is 108 Å². The summed E-state index contributed by atoms with van der Waals surface area (Å²) in [6.45, 7) is 4.31. The lowest BCUT2D eigenvalue weighted by atomic mass is 9.98. The van der Waals surface area contributed by atoms with Gasteiger partial charge < -0.3 is 36.3 Å². The number of aromatic nitrogens is 6. The number of anilines is 1.